The molecule has 0 heterocycles. The number of aliphatic carboxylic acids is 1. The van der Waals surface area contributed by atoms with Crippen LogP contribution in [0, 0.1) is 6.92 Å². The van der Waals surface area contributed by atoms with Gasteiger partial charge in [-0.1, -0.05) is 60.2 Å². The SMILES string of the molecule is COC[C@H](NC(=O)c1cc(C)ccc1NC(=O)OCC1c2ccccc2-c2ccccc21)C(=O)O. The summed E-state index contributed by atoms with van der Waals surface area (Å²) < 4.78 is 10.4. The number of hydrogen-bond acceptors (Lipinski definition) is 5. The van der Waals surface area contributed by atoms with Crippen LogP contribution in [0.4, 0.5) is 10.5 Å². The number of amides is 2. The van der Waals surface area contributed by atoms with Crippen LogP contribution >= 0.6 is 0 Å². The molecule has 0 saturated heterocycles. The van der Waals surface area contributed by atoms with Gasteiger partial charge >= 0.3 is 12.1 Å². The monoisotopic (exact) mass is 474 g/mol. The zero-order chi connectivity index (χ0) is 24.9. The zero-order valence-corrected chi connectivity index (χ0v) is 19.4. The van der Waals surface area contributed by atoms with Crippen LogP contribution in [0.1, 0.15) is 33.0 Å². The maximum atomic E-state index is 12.8. The van der Waals surface area contributed by atoms with Crippen molar-refractivity contribution in [1.29, 1.82) is 0 Å². The highest BCUT2D eigenvalue weighted by Crippen LogP contribution is 2.44. The van der Waals surface area contributed by atoms with Crippen molar-refractivity contribution in [3.63, 3.8) is 0 Å². The number of anilines is 1. The fourth-order valence-corrected chi connectivity index (χ4v) is 4.28. The molecule has 3 aromatic carbocycles. The number of fused-ring (bicyclic) bond motifs is 3. The van der Waals surface area contributed by atoms with Crippen LogP contribution in [0.15, 0.2) is 66.7 Å². The molecule has 3 aromatic rings. The molecule has 0 radical (unpaired) electrons. The van der Waals surface area contributed by atoms with Crippen molar-refractivity contribution in [3.05, 3.63) is 89.0 Å². The van der Waals surface area contributed by atoms with Crippen molar-refractivity contribution < 1.29 is 29.0 Å². The number of aryl methyl sites for hydroxylation is 1. The van der Waals surface area contributed by atoms with Gasteiger partial charge in [-0.25, -0.2) is 9.59 Å². The summed E-state index contributed by atoms with van der Waals surface area (Å²) in [5.74, 6) is -1.97. The Bertz CT molecular complexity index is 1230. The number of methoxy groups -OCH3 is 1. The highest BCUT2D eigenvalue weighted by molar-refractivity contribution is 6.04. The molecule has 0 spiro atoms. The van der Waals surface area contributed by atoms with Crippen molar-refractivity contribution in [3.8, 4) is 11.1 Å². The largest absolute Gasteiger partial charge is 0.480 e. The molecule has 180 valence electrons. The topological polar surface area (TPSA) is 114 Å². The molecular formula is C27H26N2O6. The molecule has 8 heteroatoms. The molecule has 2 amide bonds. The third-order valence-electron chi connectivity index (χ3n) is 5.94. The van der Waals surface area contributed by atoms with Crippen LogP contribution in [0.25, 0.3) is 11.1 Å². The summed E-state index contributed by atoms with van der Waals surface area (Å²) in [6, 6.07) is 19.7. The summed E-state index contributed by atoms with van der Waals surface area (Å²) in [7, 11) is 1.35. The Morgan fingerprint density at radius 1 is 0.971 bits per heavy atom. The van der Waals surface area contributed by atoms with Crippen molar-refractivity contribution in [1.82, 2.24) is 5.32 Å². The minimum Gasteiger partial charge on any atom is -0.480 e. The van der Waals surface area contributed by atoms with Crippen molar-refractivity contribution in [2.75, 3.05) is 25.6 Å². The van der Waals surface area contributed by atoms with Crippen LogP contribution < -0.4 is 10.6 Å². The summed E-state index contributed by atoms with van der Waals surface area (Å²) in [5, 5.41) is 14.3. The fraction of sp³-hybridized carbons (Fsp3) is 0.222. The molecular weight excluding hydrogens is 448 g/mol. The van der Waals surface area contributed by atoms with E-state index >= 15 is 0 Å². The van der Waals surface area contributed by atoms with Gasteiger partial charge in [0.05, 0.1) is 17.9 Å². The Balaban J connectivity index is 1.48. The molecule has 0 saturated carbocycles. The first-order chi connectivity index (χ1) is 16.9. The lowest BCUT2D eigenvalue weighted by molar-refractivity contribution is -0.140. The number of nitrogens with one attached hydrogen (secondary N) is 2. The van der Waals surface area contributed by atoms with Crippen molar-refractivity contribution >= 4 is 23.7 Å². The van der Waals surface area contributed by atoms with Gasteiger partial charge in [0, 0.05) is 13.0 Å². The summed E-state index contributed by atoms with van der Waals surface area (Å²) in [6.07, 6.45) is -0.712. The molecule has 3 N–H and O–H groups in total. The first-order valence-corrected chi connectivity index (χ1v) is 11.1. The smallest absolute Gasteiger partial charge is 0.411 e. The van der Waals surface area contributed by atoms with Gasteiger partial charge in [0.1, 0.15) is 6.61 Å². The zero-order valence-electron chi connectivity index (χ0n) is 19.4. The van der Waals surface area contributed by atoms with Gasteiger partial charge in [0.2, 0.25) is 0 Å². The lowest BCUT2D eigenvalue weighted by Gasteiger charge is -2.17. The Hall–Kier alpha value is -4.17. The second-order valence-corrected chi connectivity index (χ2v) is 8.32. The Morgan fingerprint density at radius 2 is 1.60 bits per heavy atom. The third kappa shape index (κ3) is 5.17. The summed E-state index contributed by atoms with van der Waals surface area (Å²) >= 11 is 0. The Labute approximate surface area is 202 Å². The van der Waals surface area contributed by atoms with E-state index in [9.17, 15) is 19.5 Å². The molecule has 0 aromatic heterocycles. The maximum absolute atomic E-state index is 12.8. The second-order valence-electron chi connectivity index (χ2n) is 8.32. The van der Waals surface area contributed by atoms with Gasteiger partial charge in [-0.15, -0.1) is 0 Å². The fourth-order valence-electron chi connectivity index (χ4n) is 4.28. The normalized spacial score (nSPS) is 12.9. The minimum absolute atomic E-state index is 0.0979. The van der Waals surface area contributed by atoms with E-state index in [0.717, 1.165) is 27.8 Å². The summed E-state index contributed by atoms with van der Waals surface area (Å²) in [6.45, 7) is 1.72. The van der Waals surface area contributed by atoms with E-state index in [1.54, 1.807) is 25.1 Å². The first-order valence-electron chi connectivity index (χ1n) is 11.1. The van der Waals surface area contributed by atoms with Crippen molar-refractivity contribution in [2.45, 2.75) is 18.9 Å². The van der Waals surface area contributed by atoms with Gasteiger partial charge in [-0.05, 0) is 41.3 Å². The average molecular weight is 475 g/mol. The van der Waals surface area contributed by atoms with Crippen LogP contribution in [-0.4, -0.2) is 49.4 Å². The molecule has 0 unspecified atom stereocenters. The second kappa shape index (κ2) is 10.4. The summed E-state index contributed by atoms with van der Waals surface area (Å²) in [4.78, 5) is 36.9. The van der Waals surface area contributed by atoms with Crippen LogP contribution in [0.5, 0.6) is 0 Å². The van der Waals surface area contributed by atoms with Crippen LogP contribution in [0.3, 0.4) is 0 Å². The van der Waals surface area contributed by atoms with E-state index in [0.29, 0.717) is 0 Å². The molecule has 4 rings (SSSR count). The third-order valence-corrected chi connectivity index (χ3v) is 5.94. The van der Waals surface area contributed by atoms with Crippen LogP contribution in [-0.2, 0) is 14.3 Å². The van der Waals surface area contributed by atoms with Gasteiger partial charge in [0.25, 0.3) is 5.91 Å². The minimum atomic E-state index is -1.23. The number of benzene rings is 3. The van der Waals surface area contributed by atoms with Crippen LogP contribution in [0.2, 0.25) is 0 Å². The maximum Gasteiger partial charge on any atom is 0.411 e. The number of rotatable bonds is 8. The highest BCUT2D eigenvalue weighted by Gasteiger charge is 2.29. The number of hydrogen-bond donors (Lipinski definition) is 3. The Morgan fingerprint density at radius 3 is 2.20 bits per heavy atom. The van der Waals surface area contributed by atoms with Gasteiger partial charge in [-0.3, -0.25) is 10.1 Å². The number of ether oxygens (including phenoxy) is 2. The van der Waals surface area contributed by atoms with E-state index in [-0.39, 0.29) is 30.4 Å². The molecule has 8 nitrogen and oxygen atoms in total. The van der Waals surface area contributed by atoms with E-state index in [4.69, 9.17) is 9.47 Å². The quantitative estimate of drug-likeness (QED) is 0.451. The molecule has 0 fully saturated rings. The number of carbonyl (C=O) groups excluding carboxylic acids is 2. The average Bonchev–Trinajstić information content (AvgIpc) is 3.17. The van der Waals surface area contributed by atoms with Crippen molar-refractivity contribution in [2.24, 2.45) is 0 Å². The van der Waals surface area contributed by atoms with Gasteiger partial charge in [-0.2, -0.15) is 0 Å². The Kier molecular flexibility index (Phi) is 7.12. The molecule has 1 aliphatic rings. The molecule has 35 heavy (non-hydrogen) atoms. The molecule has 1 atom stereocenters. The van der Waals surface area contributed by atoms with E-state index in [1.165, 1.54) is 7.11 Å². The number of carboxylic acid groups (broad SMARTS) is 1. The molecule has 0 bridgehead atoms. The lowest BCUT2D eigenvalue weighted by atomic mass is 9.98. The van der Waals surface area contributed by atoms with E-state index in [2.05, 4.69) is 22.8 Å². The predicted octanol–water partition coefficient (Wildman–Crippen LogP) is 4.19. The highest BCUT2D eigenvalue weighted by atomic mass is 16.5. The van der Waals surface area contributed by atoms with E-state index in [1.807, 2.05) is 36.4 Å². The first kappa shape index (κ1) is 24.0. The van der Waals surface area contributed by atoms with E-state index < -0.39 is 24.0 Å². The number of carboxylic acids is 1. The molecule has 1 aliphatic carbocycles. The predicted molar refractivity (Wildman–Crippen MR) is 131 cm³/mol. The van der Waals surface area contributed by atoms with Gasteiger partial charge in [0.15, 0.2) is 6.04 Å². The molecule has 0 aliphatic heterocycles. The standard InChI is InChI=1S/C27H26N2O6/c1-16-11-12-23(21(13-16)25(30)28-24(15-34-2)26(31)32)29-27(33)35-14-22-19-9-5-3-7-17(19)18-8-4-6-10-20(18)22/h3-13,22,24H,14-15H2,1-2H3,(H,28,30)(H,29,33)(H,31,32)/t24-/m0/s1. The number of carbonyl (C=O) groups is 3. The lowest BCUT2D eigenvalue weighted by Crippen LogP contribution is -2.44. The summed E-state index contributed by atoms with van der Waals surface area (Å²) in [5.41, 5.74) is 5.54. The van der Waals surface area contributed by atoms with Gasteiger partial charge < -0.3 is 19.9 Å².